The first-order chi connectivity index (χ1) is 9.67. The van der Waals surface area contributed by atoms with Crippen LogP contribution in [0.4, 0.5) is 4.39 Å². The second-order valence-electron chi connectivity index (χ2n) is 4.64. The van der Waals surface area contributed by atoms with Crippen LogP contribution in [0.25, 0.3) is 0 Å². The van der Waals surface area contributed by atoms with E-state index in [1.54, 1.807) is 0 Å². The van der Waals surface area contributed by atoms with Gasteiger partial charge in [-0.15, -0.1) is 0 Å². The minimum Gasteiger partial charge on any atom is -0.340 e. The molecular formula is C13H18ClFN2O3S. The maximum Gasteiger partial charge on any atom is 0.237 e. The lowest BCUT2D eigenvalue weighted by Crippen LogP contribution is -2.39. The smallest absolute Gasteiger partial charge is 0.237 e. The molecule has 0 unspecified atom stereocenters. The molecule has 0 heterocycles. The number of amides is 1. The molecule has 0 aliphatic rings. The maximum atomic E-state index is 12.9. The second kappa shape index (κ2) is 7.20. The van der Waals surface area contributed by atoms with E-state index >= 15 is 0 Å². The molecule has 0 radical (unpaired) electrons. The highest BCUT2D eigenvalue weighted by atomic mass is 35.5. The summed E-state index contributed by atoms with van der Waals surface area (Å²) in [5.41, 5.74) is 0.593. The van der Waals surface area contributed by atoms with Gasteiger partial charge in [0.15, 0.2) is 0 Å². The molecule has 0 aliphatic heterocycles. The molecule has 0 fully saturated rings. The monoisotopic (exact) mass is 336 g/mol. The fourth-order valence-corrected chi connectivity index (χ4v) is 2.60. The summed E-state index contributed by atoms with van der Waals surface area (Å²) in [5.74, 6) is -0.883. The third-order valence-electron chi connectivity index (χ3n) is 3.05. The van der Waals surface area contributed by atoms with Crippen molar-refractivity contribution in [1.82, 2.24) is 9.21 Å². The van der Waals surface area contributed by atoms with Crippen molar-refractivity contribution in [3.05, 3.63) is 34.6 Å². The summed E-state index contributed by atoms with van der Waals surface area (Å²) in [5, 5.41) is 0.226. The van der Waals surface area contributed by atoms with Crippen LogP contribution >= 0.6 is 11.6 Å². The fraction of sp³-hybridized carbons (Fsp3) is 0.462. The number of benzene rings is 1. The van der Waals surface area contributed by atoms with Crippen molar-refractivity contribution in [3.63, 3.8) is 0 Å². The molecule has 0 aliphatic carbocycles. The number of sulfonamides is 1. The predicted molar refractivity (Wildman–Crippen MR) is 80.0 cm³/mol. The Morgan fingerprint density at radius 1 is 1.33 bits per heavy atom. The Kier molecular flexibility index (Phi) is 6.12. The minimum absolute atomic E-state index is 0.0652. The summed E-state index contributed by atoms with van der Waals surface area (Å²) in [6.07, 6.45) is 0. The average molecular weight is 337 g/mol. The van der Waals surface area contributed by atoms with Gasteiger partial charge in [-0.3, -0.25) is 4.79 Å². The van der Waals surface area contributed by atoms with E-state index in [1.807, 2.05) is 0 Å². The Bertz CT molecular complexity index is 622. The van der Waals surface area contributed by atoms with E-state index in [0.717, 1.165) is 4.31 Å². The second-order valence-corrected chi connectivity index (χ2v) is 7.41. The van der Waals surface area contributed by atoms with E-state index in [2.05, 4.69) is 0 Å². The SMILES string of the molecule is CCS(=O)(=O)N(C)CC(=O)N(C)Cc1ccc(F)cc1Cl. The lowest BCUT2D eigenvalue weighted by molar-refractivity contribution is -0.130. The Morgan fingerprint density at radius 2 is 1.95 bits per heavy atom. The quantitative estimate of drug-likeness (QED) is 0.794. The van der Waals surface area contributed by atoms with Crippen LogP contribution in [0.2, 0.25) is 5.02 Å². The molecule has 0 atom stereocenters. The molecule has 1 aromatic carbocycles. The third kappa shape index (κ3) is 4.94. The van der Waals surface area contributed by atoms with Crippen molar-refractivity contribution in [1.29, 1.82) is 0 Å². The van der Waals surface area contributed by atoms with Crippen molar-refractivity contribution >= 4 is 27.5 Å². The molecule has 5 nitrogen and oxygen atoms in total. The van der Waals surface area contributed by atoms with Crippen LogP contribution in [0.5, 0.6) is 0 Å². The Hall–Kier alpha value is -1.18. The van der Waals surface area contributed by atoms with Crippen molar-refractivity contribution in [3.8, 4) is 0 Å². The van der Waals surface area contributed by atoms with Crippen LogP contribution in [-0.4, -0.2) is 49.9 Å². The lowest BCUT2D eigenvalue weighted by Gasteiger charge is -2.22. The molecule has 0 spiro atoms. The van der Waals surface area contributed by atoms with Gasteiger partial charge in [-0.05, 0) is 24.6 Å². The largest absolute Gasteiger partial charge is 0.340 e. The molecule has 0 saturated heterocycles. The van der Waals surface area contributed by atoms with E-state index in [1.165, 1.54) is 44.1 Å². The molecule has 21 heavy (non-hydrogen) atoms. The normalized spacial score (nSPS) is 11.7. The summed E-state index contributed by atoms with van der Waals surface area (Å²) >= 11 is 5.89. The predicted octanol–water partition coefficient (Wildman–Crippen LogP) is 1.72. The number of rotatable bonds is 6. The Labute approximate surface area is 129 Å². The third-order valence-corrected chi connectivity index (χ3v) is 5.21. The summed E-state index contributed by atoms with van der Waals surface area (Å²) < 4.78 is 37.2. The number of carbonyl (C=O) groups excluding carboxylic acids is 1. The van der Waals surface area contributed by atoms with Gasteiger partial charge in [-0.25, -0.2) is 12.8 Å². The molecule has 0 aromatic heterocycles. The first-order valence-electron chi connectivity index (χ1n) is 6.29. The van der Waals surface area contributed by atoms with Crippen LogP contribution in [0.1, 0.15) is 12.5 Å². The van der Waals surface area contributed by atoms with E-state index in [9.17, 15) is 17.6 Å². The highest BCUT2D eigenvalue weighted by Crippen LogP contribution is 2.18. The maximum absolute atomic E-state index is 12.9. The molecule has 1 amide bonds. The molecule has 0 bridgehead atoms. The highest BCUT2D eigenvalue weighted by molar-refractivity contribution is 7.89. The highest BCUT2D eigenvalue weighted by Gasteiger charge is 2.20. The van der Waals surface area contributed by atoms with Crippen LogP contribution in [0, 0.1) is 5.82 Å². The van der Waals surface area contributed by atoms with Gasteiger partial charge >= 0.3 is 0 Å². The Morgan fingerprint density at radius 3 is 2.48 bits per heavy atom. The van der Waals surface area contributed by atoms with Gasteiger partial charge in [-0.2, -0.15) is 4.31 Å². The summed E-state index contributed by atoms with van der Waals surface area (Å²) in [4.78, 5) is 13.3. The first-order valence-corrected chi connectivity index (χ1v) is 8.28. The molecule has 0 saturated carbocycles. The van der Waals surface area contributed by atoms with Gasteiger partial charge in [0.1, 0.15) is 5.82 Å². The number of likely N-dealkylation sites (N-methyl/N-ethyl adjacent to an activating group) is 2. The summed E-state index contributed by atoms with van der Waals surface area (Å²) in [6.45, 7) is 1.45. The van der Waals surface area contributed by atoms with Gasteiger partial charge in [0, 0.05) is 25.7 Å². The molecule has 118 valence electrons. The van der Waals surface area contributed by atoms with Gasteiger partial charge in [-0.1, -0.05) is 17.7 Å². The van der Waals surface area contributed by atoms with Crippen molar-refractivity contribution in [2.75, 3.05) is 26.4 Å². The number of nitrogens with zero attached hydrogens (tertiary/aromatic N) is 2. The number of hydrogen-bond donors (Lipinski definition) is 0. The van der Waals surface area contributed by atoms with Crippen LogP contribution in [0.3, 0.4) is 0 Å². The Balaban J connectivity index is 2.71. The average Bonchev–Trinajstić information content (AvgIpc) is 2.41. The van der Waals surface area contributed by atoms with Gasteiger partial charge in [0.2, 0.25) is 15.9 Å². The van der Waals surface area contributed by atoms with Crippen LogP contribution in [-0.2, 0) is 21.4 Å². The zero-order valence-electron chi connectivity index (χ0n) is 12.1. The summed E-state index contributed by atoms with van der Waals surface area (Å²) in [6, 6.07) is 3.92. The van der Waals surface area contributed by atoms with Crippen molar-refractivity contribution in [2.45, 2.75) is 13.5 Å². The van der Waals surface area contributed by atoms with E-state index in [4.69, 9.17) is 11.6 Å². The standard InChI is InChI=1S/C13H18ClFN2O3S/c1-4-21(19,20)17(3)9-13(18)16(2)8-10-5-6-11(15)7-12(10)14/h5-7H,4,8-9H2,1-3H3. The zero-order valence-corrected chi connectivity index (χ0v) is 13.7. The molecule has 0 N–H and O–H groups in total. The summed E-state index contributed by atoms with van der Waals surface area (Å²) in [7, 11) is -0.511. The number of hydrogen-bond acceptors (Lipinski definition) is 3. The zero-order chi connectivity index (χ0) is 16.2. The van der Waals surface area contributed by atoms with E-state index in [0.29, 0.717) is 5.56 Å². The lowest BCUT2D eigenvalue weighted by atomic mass is 10.2. The first kappa shape index (κ1) is 17.9. The van der Waals surface area contributed by atoms with Gasteiger partial charge in [0.25, 0.3) is 0 Å². The van der Waals surface area contributed by atoms with Gasteiger partial charge in [0.05, 0.1) is 12.3 Å². The number of halogens is 2. The minimum atomic E-state index is -3.40. The van der Waals surface area contributed by atoms with Gasteiger partial charge < -0.3 is 4.90 Å². The van der Waals surface area contributed by atoms with Crippen molar-refractivity contribution < 1.29 is 17.6 Å². The van der Waals surface area contributed by atoms with E-state index < -0.39 is 15.8 Å². The number of carbonyl (C=O) groups is 1. The fourth-order valence-electron chi connectivity index (χ4n) is 1.62. The van der Waals surface area contributed by atoms with Crippen LogP contribution in [0.15, 0.2) is 18.2 Å². The van der Waals surface area contributed by atoms with E-state index in [-0.39, 0.29) is 29.8 Å². The molecule has 1 aromatic rings. The molecule has 8 heteroatoms. The van der Waals surface area contributed by atoms with Crippen molar-refractivity contribution in [2.24, 2.45) is 0 Å². The van der Waals surface area contributed by atoms with Crippen LogP contribution < -0.4 is 0 Å². The molecular weight excluding hydrogens is 319 g/mol. The molecule has 1 rings (SSSR count). The topological polar surface area (TPSA) is 57.7 Å².